The number of aromatic nitrogens is 4. The van der Waals surface area contributed by atoms with Crippen molar-refractivity contribution >= 4 is 55.0 Å². The summed E-state index contributed by atoms with van der Waals surface area (Å²) >= 11 is 0. The Hall–Kier alpha value is -6.66. The number of hydrogen-bond donors (Lipinski definition) is 0. The number of para-hydroxylation sites is 6. The van der Waals surface area contributed by atoms with Crippen LogP contribution in [0.15, 0.2) is 170 Å². The quantitative estimate of drug-likeness (QED) is 0.144. The zero-order valence-electron chi connectivity index (χ0n) is 28.7. The Labute approximate surface area is 302 Å². The van der Waals surface area contributed by atoms with Crippen LogP contribution in [0.1, 0.15) is 22.8 Å². The van der Waals surface area contributed by atoms with Gasteiger partial charge in [-0.15, -0.1) is 0 Å². The lowest BCUT2D eigenvalue weighted by Gasteiger charge is -2.32. The van der Waals surface area contributed by atoms with Gasteiger partial charge in [-0.2, -0.15) is 0 Å². The standard InChI is InChI=1S/C46H36N6/c1-5-15-41-33(11-1)21-25-37(47-41)29-51(30-38-26-22-34-12-2-6-16-42(34)48-38)45-19-9-10-20-46(45)52(31-39-27-23-35-13-3-7-17-43(35)49-39)32-40-28-24-36-14-4-8-18-44(36)50-40/h1-28H,29-32H2. The maximum Gasteiger partial charge on any atom is 0.0706 e. The molecule has 9 rings (SSSR count). The molecule has 0 aliphatic rings. The fourth-order valence-corrected chi connectivity index (χ4v) is 7.02. The van der Waals surface area contributed by atoms with Crippen LogP contribution in [0.25, 0.3) is 43.6 Å². The number of nitrogens with zero attached hydrogens (tertiary/aromatic N) is 6. The van der Waals surface area contributed by atoms with Crippen molar-refractivity contribution in [3.8, 4) is 0 Å². The predicted octanol–water partition coefficient (Wildman–Crippen LogP) is 10.3. The summed E-state index contributed by atoms with van der Waals surface area (Å²) in [5, 5.41) is 4.52. The fourth-order valence-electron chi connectivity index (χ4n) is 7.02. The Morgan fingerprint density at radius 3 is 0.808 bits per heavy atom. The first-order chi connectivity index (χ1) is 25.7. The summed E-state index contributed by atoms with van der Waals surface area (Å²) in [7, 11) is 0. The molecule has 0 atom stereocenters. The Morgan fingerprint density at radius 1 is 0.269 bits per heavy atom. The van der Waals surface area contributed by atoms with Crippen molar-refractivity contribution in [1.29, 1.82) is 0 Å². The second-order valence-corrected chi connectivity index (χ2v) is 13.2. The van der Waals surface area contributed by atoms with Gasteiger partial charge in [-0.05, 0) is 60.7 Å². The molecule has 0 aliphatic carbocycles. The smallest absolute Gasteiger partial charge is 0.0706 e. The van der Waals surface area contributed by atoms with E-state index in [0.717, 1.165) is 77.8 Å². The molecule has 0 radical (unpaired) electrons. The van der Waals surface area contributed by atoms with Gasteiger partial charge in [0.1, 0.15) is 0 Å². The van der Waals surface area contributed by atoms with Crippen LogP contribution in [-0.2, 0) is 26.2 Å². The van der Waals surface area contributed by atoms with Crippen molar-refractivity contribution < 1.29 is 0 Å². The minimum atomic E-state index is 0.604. The number of pyridine rings is 4. The maximum absolute atomic E-state index is 5.10. The third-order valence-corrected chi connectivity index (χ3v) is 9.60. The van der Waals surface area contributed by atoms with Crippen LogP contribution in [0.2, 0.25) is 0 Å². The Morgan fingerprint density at radius 2 is 0.519 bits per heavy atom. The van der Waals surface area contributed by atoms with Crippen molar-refractivity contribution in [2.45, 2.75) is 26.2 Å². The lowest BCUT2D eigenvalue weighted by molar-refractivity contribution is 0.743. The van der Waals surface area contributed by atoms with E-state index in [9.17, 15) is 0 Å². The molecular formula is C46H36N6. The number of anilines is 2. The van der Waals surface area contributed by atoms with Crippen LogP contribution in [0.3, 0.4) is 0 Å². The molecule has 0 unspecified atom stereocenters. The van der Waals surface area contributed by atoms with E-state index in [-0.39, 0.29) is 0 Å². The molecule has 0 N–H and O–H groups in total. The molecular weight excluding hydrogens is 637 g/mol. The molecule has 0 spiro atoms. The minimum Gasteiger partial charge on any atom is -0.358 e. The molecule has 4 aromatic heterocycles. The molecule has 250 valence electrons. The van der Waals surface area contributed by atoms with E-state index in [4.69, 9.17) is 19.9 Å². The summed E-state index contributed by atoms with van der Waals surface area (Å²) in [6.45, 7) is 2.42. The van der Waals surface area contributed by atoms with Gasteiger partial charge >= 0.3 is 0 Å². The highest BCUT2D eigenvalue weighted by atomic mass is 15.2. The second kappa shape index (κ2) is 13.9. The first-order valence-electron chi connectivity index (χ1n) is 17.7. The normalized spacial score (nSPS) is 11.4. The SMILES string of the molecule is c1ccc(N(Cc2ccc3ccccc3n2)Cc2ccc3ccccc3n2)c(N(Cc2ccc3ccccc3n2)Cc2ccc3ccccc3n2)c1. The summed E-state index contributed by atoms with van der Waals surface area (Å²) in [5.74, 6) is 0. The van der Waals surface area contributed by atoms with Crippen LogP contribution in [0.5, 0.6) is 0 Å². The summed E-state index contributed by atoms with van der Waals surface area (Å²) in [6.07, 6.45) is 0. The zero-order valence-corrected chi connectivity index (χ0v) is 28.7. The van der Waals surface area contributed by atoms with Crippen molar-refractivity contribution in [2.75, 3.05) is 9.80 Å². The lowest BCUT2D eigenvalue weighted by atomic mass is 10.1. The van der Waals surface area contributed by atoms with E-state index in [1.807, 2.05) is 24.3 Å². The van der Waals surface area contributed by atoms with E-state index in [2.05, 4.69) is 155 Å². The van der Waals surface area contributed by atoms with Crippen LogP contribution in [-0.4, -0.2) is 19.9 Å². The largest absolute Gasteiger partial charge is 0.358 e. The number of hydrogen-bond acceptors (Lipinski definition) is 6. The number of benzene rings is 5. The van der Waals surface area contributed by atoms with E-state index < -0.39 is 0 Å². The zero-order chi connectivity index (χ0) is 34.7. The van der Waals surface area contributed by atoms with E-state index in [1.165, 1.54) is 0 Å². The van der Waals surface area contributed by atoms with Crippen LogP contribution >= 0.6 is 0 Å². The van der Waals surface area contributed by atoms with Gasteiger partial charge in [0.25, 0.3) is 0 Å². The topological polar surface area (TPSA) is 58.0 Å². The monoisotopic (exact) mass is 672 g/mol. The van der Waals surface area contributed by atoms with Gasteiger partial charge in [0.05, 0.1) is 82.4 Å². The van der Waals surface area contributed by atoms with Crippen LogP contribution in [0.4, 0.5) is 11.4 Å². The van der Waals surface area contributed by atoms with E-state index in [1.54, 1.807) is 0 Å². The van der Waals surface area contributed by atoms with Gasteiger partial charge in [-0.1, -0.05) is 109 Å². The van der Waals surface area contributed by atoms with Crippen molar-refractivity contribution in [2.24, 2.45) is 0 Å². The first kappa shape index (κ1) is 31.3. The predicted molar refractivity (Wildman–Crippen MR) is 213 cm³/mol. The highest BCUT2D eigenvalue weighted by Gasteiger charge is 2.20. The average Bonchev–Trinajstić information content (AvgIpc) is 3.20. The van der Waals surface area contributed by atoms with Crippen molar-refractivity contribution in [3.63, 3.8) is 0 Å². The van der Waals surface area contributed by atoms with E-state index >= 15 is 0 Å². The molecule has 0 amide bonds. The minimum absolute atomic E-state index is 0.604. The Kier molecular flexibility index (Phi) is 8.39. The lowest BCUT2D eigenvalue weighted by Crippen LogP contribution is -2.29. The van der Waals surface area contributed by atoms with Gasteiger partial charge in [0.2, 0.25) is 0 Å². The molecule has 5 aromatic carbocycles. The third kappa shape index (κ3) is 6.62. The van der Waals surface area contributed by atoms with Gasteiger partial charge in [-0.25, -0.2) is 0 Å². The summed E-state index contributed by atoms with van der Waals surface area (Å²) in [5.41, 5.74) is 10.1. The summed E-state index contributed by atoms with van der Waals surface area (Å²) < 4.78 is 0. The van der Waals surface area contributed by atoms with Gasteiger partial charge < -0.3 is 9.80 Å². The molecule has 0 aliphatic heterocycles. The maximum atomic E-state index is 5.10. The molecule has 4 heterocycles. The van der Waals surface area contributed by atoms with Crippen molar-refractivity contribution in [3.05, 3.63) is 193 Å². The van der Waals surface area contributed by atoms with Crippen LogP contribution < -0.4 is 9.80 Å². The molecule has 0 bridgehead atoms. The summed E-state index contributed by atoms with van der Waals surface area (Å²) in [4.78, 5) is 25.2. The molecule has 6 nitrogen and oxygen atoms in total. The van der Waals surface area contributed by atoms with Crippen LogP contribution in [0, 0.1) is 0 Å². The average molecular weight is 673 g/mol. The fraction of sp³-hybridized carbons (Fsp3) is 0.0870. The summed E-state index contributed by atoms with van der Waals surface area (Å²) in [6, 6.07) is 59.1. The van der Waals surface area contributed by atoms with Gasteiger partial charge in [-0.3, -0.25) is 19.9 Å². The molecule has 0 saturated carbocycles. The molecule has 0 saturated heterocycles. The van der Waals surface area contributed by atoms with Gasteiger partial charge in [0.15, 0.2) is 0 Å². The highest BCUT2D eigenvalue weighted by Crippen LogP contribution is 2.34. The third-order valence-electron chi connectivity index (χ3n) is 9.60. The molecule has 52 heavy (non-hydrogen) atoms. The van der Waals surface area contributed by atoms with Gasteiger partial charge in [0, 0.05) is 21.5 Å². The number of fused-ring (bicyclic) bond motifs is 4. The Bertz CT molecular complexity index is 2340. The molecule has 0 fully saturated rings. The number of rotatable bonds is 10. The Balaban J connectivity index is 1.15. The first-order valence-corrected chi connectivity index (χ1v) is 17.7. The molecule has 9 aromatic rings. The highest BCUT2D eigenvalue weighted by molar-refractivity contribution is 5.81. The van der Waals surface area contributed by atoms with Crippen molar-refractivity contribution in [1.82, 2.24) is 19.9 Å². The second-order valence-electron chi connectivity index (χ2n) is 13.2. The molecule has 6 heteroatoms. The van der Waals surface area contributed by atoms with E-state index in [0.29, 0.717) is 26.2 Å².